The van der Waals surface area contributed by atoms with Crippen molar-refractivity contribution < 1.29 is 19.4 Å². The molecule has 0 spiro atoms. The summed E-state index contributed by atoms with van der Waals surface area (Å²) in [6.45, 7) is 1.53. The van der Waals surface area contributed by atoms with Crippen molar-refractivity contribution in [2.24, 2.45) is 0 Å². The molecule has 4 heteroatoms. The molecular formula is C10H11FO3. The van der Waals surface area contributed by atoms with Gasteiger partial charge in [-0.15, -0.1) is 0 Å². The van der Waals surface area contributed by atoms with E-state index in [1.807, 2.05) is 0 Å². The van der Waals surface area contributed by atoms with Gasteiger partial charge in [0.2, 0.25) is 0 Å². The number of aliphatic carboxylic acids is 1. The minimum absolute atomic E-state index is 0.0233. The second-order valence-corrected chi connectivity index (χ2v) is 3.14. The molecule has 1 rings (SSSR count). The molecule has 0 aliphatic carbocycles. The number of halogens is 1. The number of hydrogen-bond acceptors (Lipinski definition) is 2. The van der Waals surface area contributed by atoms with Crippen molar-refractivity contribution in [2.45, 2.75) is 19.8 Å². The lowest BCUT2D eigenvalue weighted by molar-refractivity contribution is -0.136. The van der Waals surface area contributed by atoms with Gasteiger partial charge in [-0.3, -0.25) is 4.79 Å². The van der Waals surface area contributed by atoms with Gasteiger partial charge in [-0.05, 0) is 30.5 Å². The third-order valence-electron chi connectivity index (χ3n) is 1.92. The summed E-state index contributed by atoms with van der Waals surface area (Å²) in [6.07, 6.45) is 0.272. The fraction of sp³-hybridized carbons (Fsp3) is 0.300. The Morgan fingerprint density at radius 3 is 2.64 bits per heavy atom. The van der Waals surface area contributed by atoms with Gasteiger partial charge in [0.1, 0.15) is 0 Å². The lowest BCUT2D eigenvalue weighted by Crippen LogP contribution is -1.98. The van der Waals surface area contributed by atoms with E-state index in [2.05, 4.69) is 0 Å². The molecule has 0 heterocycles. The quantitative estimate of drug-likeness (QED) is 0.779. The first-order valence-corrected chi connectivity index (χ1v) is 4.20. The van der Waals surface area contributed by atoms with E-state index in [0.29, 0.717) is 17.5 Å². The number of aryl methyl sites for hydroxylation is 2. The minimum atomic E-state index is -0.911. The van der Waals surface area contributed by atoms with Crippen LogP contribution < -0.4 is 0 Å². The van der Waals surface area contributed by atoms with E-state index in [1.54, 1.807) is 0 Å². The van der Waals surface area contributed by atoms with Crippen LogP contribution in [-0.4, -0.2) is 16.2 Å². The van der Waals surface area contributed by atoms with E-state index in [1.165, 1.54) is 19.1 Å². The number of phenolic OH excluding ortho intramolecular Hbond substituents is 1. The van der Waals surface area contributed by atoms with Gasteiger partial charge in [-0.25, -0.2) is 4.39 Å². The third-order valence-corrected chi connectivity index (χ3v) is 1.92. The van der Waals surface area contributed by atoms with E-state index in [-0.39, 0.29) is 6.42 Å². The Morgan fingerprint density at radius 1 is 1.50 bits per heavy atom. The lowest BCUT2D eigenvalue weighted by Gasteiger charge is -2.04. The molecule has 0 aromatic heterocycles. The van der Waals surface area contributed by atoms with Crippen molar-refractivity contribution in [3.8, 4) is 5.75 Å². The molecule has 1 aromatic rings. The molecular weight excluding hydrogens is 187 g/mol. The highest BCUT2D eigenvalue weighted by Crippen LogP contribution is 2.21. The zero-order valence-electron chi connectivity index (χ0n) is 7.75. The number of rotatable bonds is 3. The van der Waals surface area contributed by atoms with Crippen LogP contribution in [0.2, 0.25) is 0 Å². The smallest absolute Gasteiger partial charge is 0.303 e. The third kappa shape index (κ3) is 2.45. The number of aromatic hydroxyl groups is 1. The maximum Gasteiger partial charge on any atom is 0.303 e. The second kappa shape index (κ2) is 4.09. The average molecular weight is 198 g/mol. The zero-order valence-corrected chi connectivity index (χ0v) is 7.75. The summed E-state index contributed by atoms with van der Waals surface area (Å²) < 4.78 is 12.9. The van der Waals surface area contributed by atoms with E-state index in [4.69, 9.17) is 10.2 Å². The van der Waals surface area contributed by atoms with Gasteiger partial charge >= 0.3 is 5.97 Å². The van der Waals surface area contributed by atoms with Gasteiger partial charge in [-0.2, -0.15) is 0 Å². The van der Waals surface area contributed by atoms with Crippen molar-refractivity contribution in [1.82, 2.24) is 0 Å². The number of carbonyl (C=O) groups is 1. The van der Waals surface area contributed by atoms with Crippen molar-refractivity contribution in [3.05, 3.63) is 29.1 Å². The monoisotopic (exact) mass is 198 g/mol. The molecule has 14 heavy (non-hydrogen) atoms. The van der Waals surface area contributed by atoms with Crippen LogP contribution in [-0.2, 0) is 11.2 Å². The van der Waals surface area contributed by atoms with Crippen molar-refractivity contribution in [2.75, 3.05) is 0 Å². The van der Waals surface area contributed by atoms with Crippen LogP contribution in [0.25, 0.3) is 0 Å². The number of phenols is 1. The molecule has 0 fully saturated rings. The molecule has 3 nitrogen and oxygen atoms in total. The Morgan fingerprint density at radius 2 is 2.14 bits per heavy atom. The van der Waals surface area contributed by atoms with E-state index >= 15 is 0 Å². The van der Waals surface area contributed by atoms with Gasteiger partial charge in [0.05, 0.1) is 0 Å². The van der Waals surface area contributed by atoms with E-state index < -0.39 is 17.5 Å². The van der Waals surface area contributed by atoms with E-state index in [9.17, 15) is 9.18 Å². The fourth-order valence-electron chi connectivity index (χ4n) is 1.22. The van der Waals surface area contributed by atoms with Crippen LogP contribution in [0.3, 0.4) is 0 Å². The number of benzene rings is 1. The van der Waals surface area contributed by atoms with Crippen LogP contribution in [0, 0.1) is 12.7 Å². The van der Waals surface area contributed by atoms with Gasteiger partial charge < -0.3 is 10.2 Å². The second-order valence-electron chi connectivity index (χ2n) is 3.14. The van der Waals surface area contributed by atoms with Gasteiger partial charge in [-0.1, -0.05) is 6.07 Å². The van der Waals surface area contributed by atoms with Crippen LogP contribution in [0.5, 0.6) is 5.75 Å². The molecule has 0 saturated carbocycles. The highest BCUT2D eigenvalue weighted by Gasteiger charge is 2.07. The molecule has 1 aromatic carbocycles. The largest absolute Gasteiger partial charge is 0.505 e. The minimum Gasteiger partial charge on any atom is -0.505 e. The SMILES string of the molecule is Cc1cc(CCC(=O)O)cc(O)c1F. The molecule has 0 aliphatic heterocycles. The van der Waals surface area contributed by atoms with Crippen LogP contribution >= 0.6 is 0 Å². The average Bonchev–Trinajstić information content (AvgIpc) is 2.10. The number of carboxylic acids is 1. The molecule has 0 saturated heterocycles. The first kappa shape index (κ1) is 10.5. The summed E-state index contributed by atoms with van der Waals surface area (Å²) in [7, 11) is 0. The van der Waals surface area contributed by atoms with Crippen LogP contribution in [0.1, 0.15) is 17.5 Å². The Bertz CT molecular complexity index is 337. The van der Waals surface area contributed by atoms with Gasteiger partial charge in [0.15, 0.2) is 11.6 Å². The Hall–Kier alpha value is -1.58. The highest BCUT2D eigenvalue weighted by molar-refractivity contribution is 5.67. The van der Waals surface area contributed by atoms with E-state index in [0.717, 1.165) is 0 Å². The Kier molecular flexibility index (Phi) is 3.06. The molecule has 0 unspecified atom stereocenters. The first-order chi connectivity index (χ1) is 6.50. The lowest BCUT2D eigenvalue weighted by atomic mass is 10.1. The topological polar surface area (TPSA) is 57.5 Å². The summed E-state index contributed by atoms with van der Waals surface area (Å²) in [5, 5.41) is 17.6. The summed E-state index contributed by atoms with van der Waals surface area (Å²) >= 11 is 0. The normalized spacial score (nSPS) is 10.1. The first-order valence-electron chi connectivity index (χ1n) is 4.20. The van der Waals surface area contributed by atoms with Crippen LogP contribution in [0.4, 0.5) is 4.39 Å². The van der Waals surface area contributed by atoms with Crippen molar-refractivity contribution in [3.63, 3.8) is 0 Å². The number of hydrogen-bond donors (Lipinski definition) is 2. The summed E-state index contributed by atoms with van der Waals surface area (Å²) in [5.74, 6) is -1.99. The zero-order chi connectivity index (χ0) is 10.7. The standard InChI is InChI=1S/C10H11FO3/c1-6-4-7(2-3-9(13)14)5-8(12)10(6)11/h4-5,12H,2-3H2,1H3,(H,13,14). The predicted molar refractivity (Wildman–Crippen MR) is 48.8 cm³/mol. The van der Waals surface area contributed by atoms with Gasteiger partial charge in [0, 0.05) is 6.42 Å². The number of carboxylic acid groups (broad SMARTS) is 1. The molecule has 0 atom stereocenters. The fourth-order valence-corrected chi connectivity index (χ4v) is 1.22. The molecule has 2 N–H and O–H groups in total. The van der Waals surface area contributed by atoms with Gasteiger partial charge in [0.25, 0.3) is 0 Å². The molecule has 0 bridgehead atoms. The molecule has 0 aliphatic rings. The van der Waals surface area contributed by atoms with Crippen LogP contribution in [0.15, 0.2) is 12.1 Å². The maximum atomic E-state index is 12.9. The summed E-state index contributed by atoms with van der Waals surface area (Å²) in [6, 6.07) is 2.79. The predicted octanol–water partition coefficient (Wildman–Crippen LogP) is 1.86. The molecule has 0 radical (unpaired) electrons. The summed E-state index contributed by atoms with van der Waals surface area (Å²) in [4.78, 5) is 10.3. The summed E-state index contributed by atoms with van der Waals surface area (Å²) in [5.41, 5.74) is 0.953. The molecule has 76 valence electrons. The maximum absolute atomic E-state index is 12.9. The Labute approximate surface area is 80.8 Å². The van der Waals surface area contributed by atoms with Crippen molar-refractivity contribution in [1.29, 1.82) is 0 Å². The Balaban J connectivity index is 2.84. The molecule has 0 amide bonds. The highest BCUT2D eigenvalue weighted by atomic mass is 19.1. The van der Waals surface area contributed by atoms with Crippen molar-refractivity contribution >= 4 is 5.97 Å².